The zero-order valence-corrected chi connectivity index (χ0v) is 16.8. The van der Waals surface area contributed by atoms with E-state index in [-0.39, 0.29) is 17.3 Å². The van der Waals surface area contributed by atoms with Gasteiger partial charge >= 0.3 is 6.18 Å². The van der Waals surface area contributed by atoms with E-state index in [1.807, 2.05) is 7.05 Å². The first kappa shape index (κ1) is 21.4. The lowest BCUT2D eigenvalue weighted by Crippen LogP contribution is -2.42. The predicted molar refractivity (Wildman–Crippen MR) is 108 cm³/mol. The number of likely N-dealkylation sites (N-methyl/N-ethyl adjacent to an activating group) is 1. The van der Waals surface area contributed by atoms with E-state index in [4.69, 9.17) is 0 Å². The second kappa shape index (κ2) is 8.98. The second-order valence-electron chi connectivity index (χ2n) is 7.48. The van der Waals surface area contributed by atoms with Crippen LogP contribution in [0.4, 0.5) is 18.9 Å². The lowest BCUT2D eigenvalue weighted by Gasteiger charge is -2.34. The van der Waals surface area contributed by atoms with E-state index in [1.54, 1.807) is 12.1 Å². The minimum atomic E-state index is -4.44. The van der Waals surface area contributed by atoms with Crippen molar-refractivity contribution in [3.63, 3.8) is 0 Å². The Hall–Kier alpha value is -2.35. The van der Waals surface area contributed by atoms with Crippen molar-refractivity contribution in [2.45, 2.75) is 25.9 Å². The largest absolute Gasteiger partial charge is 0.418 e. The summed E-state index contributed by atoms with van der Waals surface area (Å²) in [5, 5.41) is 3.49. The van der Waals surface area contributed by atoms with Crippen molar-refractivity contribution in [2.75, 3.05) is 44.7 Å². The maximum absolute atomic E-state index is 13.3. The third-order valence-corrected chi connectivity index (χ3v) is 5.59. The van der Waals surface area contributed by atoms with Crippen LogP contribution in [0.25, 0.3) is 10.9 Å². The maximum Gasteiger partial charge on any atom is 0.418 e. The standard InChI is InChI=1S/C21H27F3N4O/c1-3-27(2)14-11-26-20(29)15-8-12-28(13-9-15)18-7-6-17(21(22,23)24)19-16(18)5-4-10-25-19/h4-7,10,15H,3,8-9,11-14H2,1-2H3,(H,26,29). The number of rotatable bonds is 6. The third-order valence-electron chi connectivity index (χ3n) is 5.59. The molecule has 29 heavy (non-hydrogen) atoms. The van der Waals surface area contributed by atoms with Crippen molar-refractivity contribution in [1.82, 2.24) is 15.2 Å². The molecule has 0 unspecified atom stereocenters. The second-order valence-corrected chi connectivity index (χ2v) is 7.48. The molecule has 2 aromatic rings. The van der Waals surface area contributed by atoms with Crippen LogP contribution in [0.1, 0.15) is 25.3 Å². The predicted octanol–water partition coefficient (Wildman–Crippen LogP) is 3.54. The quantitative estimate of drug-likeness (QED) is 0.794. The molecule has 1 aliphatic heterocycles. The van der Waals surface area contributed by atoms with Gasteiger partial charge in [-0.2, -0.15) is 13.2 Å². The average molecular weight is 408 g/mol. The number of alkyl halides is 3. The Labute approximate surface area is 168 Å². The molecule has 3 rings (SSSR count). The Morgan fingerprint density at radius 3 is 2.66 bits per heavy atom. The molecular formula is C21H27F3N4O. The maximum atomic E-state index is 13.3. The van der Waals surface area contributed by atoms with E-state index >= 15 is 0 Å². The van der Waals surface area contributed by atoms with Crippen molar-refractivity contribution in [3.8, 4) is 0 Å². The first-order valence-corrected chi connectivity index (χ1v) is 9.97. The molecule has 0 spiro atoms. The SMILES string of the molecule is CCN(C)CCNC(=O)C1CCN(c2ccc(C(F)(F)F)c3ncccc23)CC1. The molecule has 0 bridgehead atoms. The molecule has 2 heterocycles. The van der Waals surface area contributed by atoms with E-state index in [0.29, 0.717) is 37.9 Å². The number of carbonyl (C=O) groups excluding carboxylic acids is 1. The number of aromatic nitrogens is 1. The molecule has 5 nitrogen and oxygen atoms in total. The Morgan fingerprint density at radius 1 is 1.28 bits per heavy atom. The Kier molecular flexibility index (Phi) is 6.62. The van der Waals surface area contributed by atoms with E-state index in [0.717, 1.165) is 24.8 Å². The van der Waals surface area contributed by atoms with Crippen molar-refractivity contribution in [2.24, 2.45) is 5.92 Å². The molecule has 1 aromatic heterocycles. The Bertz CT molecular complexity index is 847. The van der Waals surface area contributed by atoms with Gasteiger partial charge < -0.3 is 15.1 Å². The first-order valence-electron chi connectivity index (χ1n) is 9.97. The van der Waals surface area contributed by atoms with Gasteiger partial charge in [-0.25, -0.2) is 0 Å². The zero-order chi connectivity index (χ0) is 21.0. The first-order chi connectivity index (χ1) is 13.8. The fourth-order valence-corrected chi connectivity index (χ4v) is 3.72. The zero-order valence-electron chi connectivity index (χ0n) is 16.8. The highest BCUT2D eigenvalue weighted by molar-refractivity contribution is 5.94. The monoisotopic (exact) mass is 408 g/mol. The summed E-state index contributed by atoms with van der Waals surface area (Å²) in [6.07, 6.45) is -1.70. The number of amides is 1. The average Bonchev–Trinajstić information content (AvgIpc) is 2.72. The number of anilines is 1. The number of hydrogen-bond donors (Lipinski definition) is 1. The fraction of sp³-hybridized carbons (Fsp3) is 0.524. The van der Waals surface area contributed by atoms with Crippen molar-refractivity contribution >= 4 is 22.5 Å². The van der Waals surface area contributed by atoms with Gasteiger partial charge in [-0.3, -0.25) is 9.78 Å². The molecule has 1 amide bonds. The van der Waals surface area contributed by atoms with E-state index in [2.05, 4.69) is 27.0 Å². The number of pyridine rings is 1. The van der Waals surface area contributed by atoms with Crippen LogP contribution in [-0.4, -0.2) is 55.6 Å². The molecule has 1 aromatic carbocycles. The van der Waals surface area contributed by atoms with Crippen LogP contribution in [0.5, 0.6) is 0 Å². The van der Waals surface area contributed by atoms with Crippen LogP contribution in [0.15, 0.2) is 30.5 Å². The van der Waals surface area contributed by atoms with Crippen molar-refractivity contribution in [1.29, 1.82) is 0 Å². The number of benzene rings is 1. The molecule has 1 saturated heterocycles. The summed E-state index contributed by atoms with van der Waals surface area (Å²) in [6, 6.07) is 5.96. The number of nitrogens with one attached hydrogen (secondary N) is 1. The minimum absolute atomic E-state index is 0.0302. The van der Waals surface area contributed by atoms with Gasteiger partial charge in [-0.15, -0.1) is 0 Å². The summed E-state index contributed by atoms with van der Waals surface area (Å²) >= 11 is 0. The van der Waals surface area contributed by atoms with E-state index in [9.17, 15) is 18.0 Å². The number of nitrogens with zero attached hydrogens (tertiary/aromatic N) is 3. The molecule has 158 valence electrons. The highest BCUT2D eigenvalue weighted by Crippen LogP contribution is 2.38. The van der Waals surface area contributed by atoms with Crippen LogP contribution in [0, 0.1) is 5.92 Å². The smallest absolute Gasteiger partial charge is 0.371 e. The van der Waals surface area contributed by atoms with Gasteiger partial charge in [0.05, 0.1) is 11.1 Å². The topological polar surface area (TPSA) is 48.5 Å². The number of fused-ring (bicyclic) bond motifs is 1. The summed E-state index contributed by atoms with van der Waals surface area (Å²) in [6.45, 7) is 5.69. The van der Waals surface area contributed by atoms with Crippen LogP contribution in [-0.2, 0) is 11.0 Å². The van der Waals surface area contributed by atoms with Crippen molar-refractivity contribution < 1.29 is 18.0 Å². The summed E-state index contributed by atoms with van der Waals surface area (Å²) in [5.74, 6) is 0.00474. The number of halogens is 3. The van der Waals surface area contributed by atoms with Crippen LogP contribution in [0.2, 0.25) is 0 Å². The van der Waals surface area contributed by atoms with Gasteiger partial charge in [-0.1, -0.05) is 6.92 Å². The Balaban J connectivity index is 1.67. The molecule has 1 fully saturated rings. The molecule has 0 atom stereocenters. The lowest BCUT2D eigenvalue weighted by molar-refractivity contribution is -0.136. The highest BCUT2D eigenvalue weighted by Gasteiger charge is 2.34. The normalized spacial score (nSPS) is 15.9. The Morgan fingerprint density at radius 2 is 2.00 bits per heavy atom. The minimum Gasteiger partial charge on any atom is -0.371 e. The highest BCUT2D eigenvalue weighted by atomic mass is 19.4. The van der Waals surface area contributed by atoms with E-state index < -0.39 is 11.7 Å². The van der Waals surface area contributed by atoms with Gasteiger partial charge in [-0.05, 0) is 50.7 Å². The number of carbonyl (C=O) groups is 1. The summed E-state index contributed by atoms with van der Waals surface area (Å²) in [7, 11) is 2.01. The van der Waals surface area contributed by atoms with Gasteiger partial charge in [0.25, 0.3) is 0 Å². The lowest BCUT2D eigenvalue weighted by atomic mass is 9.94. The molecule has 1 N–H and O–H groups in total. The van der Waals surface area contributed by atoms with Gasteiger partial charge in [0.1, 0.15) is 0 Å². The molecule has 0 radical (unpaired) electrons. The number of hydrogen-bond acceptors (Lipinski definition) is 4. The summed E-state index contributed by atoms with van der Waals surface area (Å²) in [5.41, 5.74) is -0.00917. The molecule has 1 aliphatic rings. The van der Waals surface area contributed by atoms with Crippen LogP contribution < -0.4 is 10.2 Å². The van der Waals surface area contributed by atoms with Gasteiger partial charge in [0.15, 0.2) is 0 Å². The summed E-state index contributed by atoms with van der Waals surface area (Å²) in [4.78, 5) is 20.6. The third kappa shape index (κ3) is 4.98. The van der Waals surface area contributed by atoms with E-state index in [1.165, 1.54) is 12.3 Å². The van der Waals surface area contributed by atoms with Crippen LogP contribution >= 0.6 is 0 Å². The summed E-state index contributed by atoms with van der Waals surface area (Å²) < 4.78 is 39.9. The van der Waals surface area contributed by atoms with Gasteiger partial charge in [0.2, 0.25) is 5.91 Å². The van der Waals surface area contributed by atoms with Crippen LogP contribution in [0.3, 0.4) is 0 Å². The van der Waals surface area contributed by atoms with Gasteiger partial charge in [0, 0.05) is 49.4 Å². The van der Waals surface area contributed by atoms with Crippen molar-refractivity contribution in [3.05, 3.63) is 36.0 Å². The molecule has 8 heteroatoms. The molecule has 0 saturated carbocycles. The molecule has 0 aliphatic carbocycles. The fourth-order valence-electron chi connectivity index (χ4n) is 3.72. The number of piperidine rings is 1. The molecular weight excluding hydrogens is 381 g/mol.